The highest BCUT2D eigenvalue weighted by Crippen LogP contribution is 2.31. The predicted molar refractivity (Wildman–Crippen MR) is 63.6 cm³/mol. The monoisotopic (exact) mass is 241 g/mol. The van der Waals surface area contributed by atoms with Gasteiger partial charge >= 0.3 is 0 Å². The summed E-state index contributed by atoms with van der Waals surface area (Å²) >= 11 is 6.14. The van der Waals surface area contributed by atoms with E-state index in [1.54, 1.807) is 0 Å². The van der Waals surface area contributed by atoms with Gasteiger partial charge in [-0.2, -0.15) is 0 Å². The van der Waals surface area contributed by atoms with Crippen molar-refractivity contribution in [3.63, 3.8) is 0 Å². The lowest BCUT2D eigenvalue weighted by molar-refractivity contribution is 0.120. The number of hydrogen-bond acceptors (Lipinski definition) is 3. The van der Waals surface area contributed by atoms with E-state index in [9.17, 15) is 0 Å². The summed E-state index contributed by atoms with van der Waals surface area (Å²) in [5.74, 6) is 5.76. The van der Waals surface area contributed by atoms with Crippen molar-refractivity contribution in [1.82, 2.24) is 0 Å². The molecule has 0 saturated heterocycles. The van der Waals surface area contributed by atoms with Gasteiger partial charge in [0.2, 0.25) is 0 Å². The minimum atomic E-state index is 0.357. The van der Waals surface area contributed by atoms with Crippen molar-refractivity contribution in [3.05, 3.63) is 28.8 Å². The number of halogens is 1. The van der Waals surface area contributed by atoms with Gasteiger partial charge in [-0.3, -0.25) is 0 Å². The molecular formula is C12H16ClNO2. The Kier molecular flexibility index (Phi) is 4.04. The number of ether oxygens (including phenoxy) is 1. The molecule has 88 valence electrons. The van der Waals surface area contributed by atoms with E-state index in [0.29, 0.717) is 17.7 Å². The molecule has 0 atom stereocenters. The summed E-state index contributed by atoms with van der Waals surface area (Å²) in [4.78, 5) is 4.53. The molecule has 1 aromatic rings. The second-order valence-corrected chi connectivity index (χ2v) is 4.46. The van der Waals surface area contributed by atoms with Crippen molar-refractivity contribution in [3.8, 4) is 5.75 Å². The molecule has 16 heavy (non-hydrogen) atoms. The predicted octanol–water partition coefficient (Wildman–Crippen LogP) is 2.70. The van der Waals surface area contributed by atoms with Crippen LogP contribution in [0.15, 0.2) is 18.2 Å². The van der Waals surface area contributed by atoms with Gasteiger partial charge in [-0.05, 0) is 43.4 Å². The molecule has 1 aliphatic rings. The molecule has 0 bridgehead atoms. The van der Waals surface area contributed by atoms with Crippen molar-refractivity contribution in [2.24, 2.45) is 5.90 Å². The fraction of sp³-hybridized carbons (Fsp3) is 0.500. The Morgan fingerprint density at radius 1 is 1.38 bits per heavy atom. The highest BCUT2D eigenvalue weighted by molar-refractivity contribution is 6.32. The zero-order valence-electron chi connectivity index (χ0n) is 9.12. The smallest absolute Gasteiger partial charge is 0.138 e. The molecule has 2 N–H and O–H groups in total. The van der Waals surface area contributed by atoms with Crippen LogP contribution >= 0.6 is 11.6 Å². The zero-order chi connectivity index (χ0) is 11.4. The van der Waals surface area contributed by atoms with Gasteiger partial charge in [-0.25, -0.2) is 5.90 Å². The molecule has 1 aliphatic carbocycles. The molecule has 0 aromatic heterocycles. The first-order valence-electron chi connectivity index (χ1n) is 5.56. The fourth-order valence-electron chi connectivity index (χ4n) is 1.64. The maximum Gasteiger partial charge on any atom is 0.138 e. The lowest BCUT2D eigenvalue weighted by atomic mass is 9.96. The van der Waals surface area contributed by atoms with E-state index in [4.69, 9.17) is 22.2 Å². The normalized spacial score (nSPS) is 15.9. The molecule has 0 amide bonds. The highest BCUT2D eigenvalue weighted by Gasteiger charge is 2.20. The molecule has 1 aromatic carbocycles. The molecule has 0 aliphatic heterocycles. The van der Waals surface area contributed by atoms with Gasteiger partial charge in [0.25, 0.3) is 0 Å². The quantitative estimate of drug-likeness (QED) is 0.807. The summed E-state index contributed by atoms with van der Waals surface area (Å²) in [5.41, 5.74) is 1.11. The molecular weight excluding hydrogens is 226 g/mol. The van der Waals surface area contributed by atoms with Gasteiger partial charge in [0.1, 0.15) is 5.75 Å². The number of nitrogens with two attached hydrogens (primary N) is 1. The Labute approximate surface area is 100 Å². The van der Waals surface area contributed by atoms with E-state index < -0.39 is 0 Å². The number of hydrogen-bond donors (Lipinski definition) is 1. The summed E-state index contributed by atoms with van der Waals surface area (Å²) < 4.78 is 5.75. The highest BCUT2D eigenvalue weighted by atomic mass is 35.5. The van der Waals surface area contributed by atoms with E-state index in [0.717, 1.165) is 30.6 Å². The van der Waals surface area contributed by atoms with Crippen LogP contribution < -0.4 is 10.6 Å². The van der Waals surface area contributed by atoms with Crippen LogP contribution in [0, 0.1) is 0 Å². The summed E-state index contributed by atoms with van der Waals surface area (Å²) in [6, 6.07) is 5.83. The first-order valence-corrected chi connectivity index (χ1v) is 5.94. The van der Waals surface area contributed by atoms with E-state index >= 15 is 0 Å². The third-order valence-electron chi connectivity index (χ3n) is 2.85. The minimum absolute atomic E-state index is 0.357. The third-order valence-corrected chi connectivity index (χ3v) is 3.15. The van der Waals surface area contributed by atoms with Crippen LogP contribution in [0.2, 0.25) is 5.02 Å². The first kappa shape index (κ1) is 11.7. The lowest BCUT2D eigenvalue weighted by Gasteiger charge is -2.26. The fourth-order valence-corrected chi connectivity index (χ4v) is 1.89. The second kappa shape index (κ2) is 5.53. The van der Waals surface area contributed by atoms with Crippen molar-refractivity contribution in [2.75, 3.05) is 6.61 Å². The Balaban J connectivity index is 1.97. The van der Waals surface area contributed by atoms with Crippen LogP contribution in [-0.4, -0.2) is 12.7 Å². The third kappa shape index (κ3) is 2.88. The Morgan fingerprint density at radius 2 is 2.19 bits per heavy atom. The molecule has 0 radical (unpaired) electrons. The van der Waals surface area contributed by atoms with Crippen LogP contribution in [0.5, 0.6) is 5.75 Å². The Bertz CT molecular complexity index is 353. The molecule has 2 rings (SSSR count). The SMILES string of the molecule is NOCCc1ccc(OC2CCC2)c(Cl)c1. The topological polar surface area (TPSA) is 44.5 Å². The summed E-state index contributed by atoms with van der Waals surface area (Å²) in [7, 11) is 0. The number of rotatable bonds is 5. The summed E-state index contributed by atoms with van der Waals surface area (Å²) in [5, 5.41) is 0.668. The van der Waals surface area contributed by atoms with Gasteiger partial charge in [0, 0.05) is 0 Å². The Morgan fingerprint density at radius 3 is 2.75 bits per heavy atom. The second-order valence-electron chi connectivity index (χ2n) is 4.06. The maximum atomic E-state index is 6.14. The van der Waals surface area contributed by atoms with Gasteiger partial charge in [-0.15, -0.1) is 0 Å². The van der Waals surface area contributed by atoms with Crippen LogP contribution in [0.1, 0.15) is 24.8 Å². The van der Waals surface area contributed by atoms with Crippen molar-refractivity contribution < 1.29 is 9.57 Å². The minimum Gasteiger partial charge on any atom is -0.489 e. The molecule has 1 fully saturated rings. The first-order chi connectivity index (χ1) is 7.79. The lowest BCUT2D eigenvalue weighted by Crippen LogP contribution is -2.24. The standard InChI is InChI=1S/C12H16ClNO2/c13-11-8-9(6-7-15-14)4-5-12(11)16-10-2-1-3-10/h4-5,8,10H,1-3,6-7,14H2. The number of benzene rings is 1. The van der Waals surface area contributed by atoms with Crippen molar-refractivity contribution in [2.45, 2.75) is 31.8 Å². The molecule has 3 nitrogen and oxygen atoms in total. The molecule has 0 unspecified atom stereocenters. The average Bonchev–Trinajstić information content (AvgIpc) is 2.22. The van der Waals surface area contributed by atoms with Gasteiger partial charge in [-0.1, -0.05) is 17.7 Å². The summed E-state index contributed by atoms with van der Waals surface area (Å²) in [6.07, 6.45) is 4.66. The van der Waals surface area contributed by atoms with E-state index in [1.165, 1.54) is 6.42 Å². The molecule has 4 heteroatoms. The Hall–Kier alpha value is -0.770. The van der Waals surface area contributed by atoms with Gasteiger partial charge < -0.3 is 9.57 Å². The summed E-state index contributed by atoms with van der Waals surface area (Å²) in [6.45, 7) is 0.499. The van der Waals surface area contributed by atoms with E-state index in [-0.39, 0.29) is 0 Å². The van der Waals surface area contributed by atoms with Crippen molar-refractivity contribution >= 4 is 11.6 Å². The van der Waals surface area contributed by atoms with Crippen molar-refractivity contribution in [1.29, 1.82) is 0 Å². The van der Waals surface area contributed by atoms with Crippen LogP contribution in [0.4, 0.5) is 0 Å². The molecule has 1 saturated carbocycles. The average molecular weight is 242 g/mol. The van der Waals surface area contributed by atoms with Crippen LogP contribution in [0.25, 0.3) is 0 Å². The van der Waals surface area contributed by atoms with E-state index in [2.05, 4.69) is 4.84 Å². The molecule has 0 spiro atoms. The largest absolute Gasteiger partial charge is 0.489 e. The molecule has 0 heterocycles. The van der Waals surface area contributed by atoms with E-state index in [1.807, 2.05) is 18.2 Å². The van der Waals surface area contributed by atoms with Crippen LogP contribution in [-0.2, 0) is 11.3 Å². The van der Waals surface area contributed by atoms with Crippen LogP contribution in [0.3, 0.4) is 0 Å². The zero-order valence-corrected chi connectivity index (χ0v) is 9.87. The maximum absolute atomic E-state index is 6.14. The van der Waals surface area contributed by atoms with Gasteiger partial charge in [0.15, 0.2) is 0 Å². The van der Waals surface area contributed by atoms with Gasteiger partial charge in [0.05, 0.1) is 17.7 Å².